The maximum absolute atomic E-state index is 5.50. The van der Waals surface area contributed by atoms with Gasteiger partial charge in [-0.3, -0.25) is 0 Å². The summed E-state index contributed by atoms with van der Waals surface area (Å²) in [7, 11) is 1.93. The Morgan fingerprint density at radius 2 is 2.42 bits per heavy atom. The Bertz CT molecular complexity index is 390. The smallest absolute Gasteiger partial charge is 0.169 e. The molecule has 4 nitrogen and oxygen atoms in total. The minimum absolute atomic E-state index is 0.554. The van der Waals surface area contributed by atoms with Crippen LogP contribution in [0.1, 0.15) is 0 Å². The van der Waals surface area contributed by atoms with E-state index < -0.39 is 0 Å². The second-order valence-electron chi connectivity index (χ2n) is 2.44. The Morgan fingerprint density at radius 3 is 2.92 bits per heavy atom. The SMILES string of the molecule is Cn1ccnc1-c1nc(N)cs1. The summed E-state index contributed by atoms with van der Waals surface area (Å²) < 4.78 is 1.91. The summed E-state index contributed by atoms with van der Waals surface area (Å²) >= 11 is 1.50. The van der Waals surface area contributed by atoms with Gasteiger partial charge < -0.3 is 10.3 Å². The quantitative estimate of drug-likeness (QED) is 0.715. The first-order valence-electron chi connectivity index (χ1n) is 3.46. The van der Waals surface area contributed by atoms with Gasteiger partial charge in [-0.25, -0.2) is 9.97 Å². The van der Waals surface area contributed by atoms with Crippen LogP contribution in [0.2, 0.25) is 0 Å². The van der Waals surface area contributed by atoms with E-state index >= 15 is 0 Å². The zero-order valence-electron chi connectivity index (χ0n) is 6.56. The molecule has 0 aromatic carbocycles. The lowest BCUT2D eigenvalue weighted by atomic mass is 10.6. The number of thiazole rings is 1. The number of aryl methyl sites for hydroxylation is 1. The van der Waals surface area contributed by atoms with Crippen LogP contribution in [-0.2, 0) is 7.05 Å². The molecule has 0 saturated heterocycles. The van der Waals surface area contributed by atoms with Crippen LogP contribution in [0, 0.1) is 0 Å². The Morgan fingerprint density at radius 1 is 1.58 bits per heavy atom. The van der Waals surface area contributed by atoms with E-state index in [1.165, 1.54) is 11.3 Å². The summed E-state index contributed by atoms with van der Waals surface area (Å²) in [4.78, 5) is 8.28. The van der Waals surface area contributed by atoms with E-state index in [0.29, 0.717) is 5.82 Å². The Balaban J connectivity index is 2.50. The van der Waals surface area contributed by atoms with Crippen LogP contribution in [0.3, 0.4) is 0 Å². The fraction of sp³-hybridized carbons (Fsp3) is 0.143. The molecule has 5 heteroatoms. The summed E-state index contributed by atoms with van der Waals surface area (Å²) in [6, 6.07) is 0. The van der Waals surface area contributed by atoms with Gasteiger partial charge in [0, 0.05) is 24.8 Å². The van der Waals surface area contributed by atoms with Gasteiger partial charge in [0.25, 0.3) is 0 Å². The molecule has 0 aliphatic rings. The van der Waals surface area contributed by atoms with Crippen LogP contribution in [0.4, 0.5) is 5.82 Å². The lowest BCUT2D eigenvalue weighted by Gasteiger charge is -1.94. The van der Waals surface area contributed by atoms with E-state index in [0.717, 1.165) is 10.8 Å². The number of anilines is 1. The van der Waals surface area contributed by atoms with Gasteiger partial charge >= 0.3 is 0 Å². The van der Waals surface area contributed by atoms with Crippen molar-refractivity contribution in [1.29, 1.82) is 0 Å². The van der Waals surface area contributed by atoms with Crippen molar-refractivity contribution in [2.75, 3.05) is 5.73 Å². The molecule has 0 fully saturated rings. The average molecular weight is 180 g/mol. The minimum atomic E-state index is 0.554. The molecule has 0 unspecified atom stereocenters. The number of nitrogens with zero attached hydrogens (tertiary/aromatic N) is 3. The van der Waals surface area contributed by atoms with Crippen LogP contribution in [0.5, 0.6) is 0 Å². The van der Waals surface area contributed by atoms with E-state index in [-0.39, 0.29) is 0 Å². The molecule has 2 rings (SSSR count). The van der Waals surface area contributed by atoms with Crippen molar-refractivity contribution in [1.82, 2.24) is 14.5 Å². The molecule has 2 N–H and O–H groups in total. The van der Waals surface area contributed by atoms with Gasteiger partial charge in [-0.1, -0.05) is 0 Å². The van der Waals surface area contributed by atoms with Gasteiger partial charge in [0.1, 0.15) is 5.82 Å². The number of hydrogen-bond acceptors (Lipinski definition) is 4. The van der Waals surface area contributed by atoms with Crippen molar-refractivity contribution in [3.63, 3.8) is 0 Å². The lowest BCUT2D eigenvalue weighted by molar-refractivity contribution is 0.923. The van der Waals surface area contributed by atoms with Gasteiger partial charge in [-0.2, -0.15) is 0 Å². The molecule has 0 radical (unpaired) electrons. The molecule has 0 amide bonds. The average Bonchev–Trinajstić information content (AvgIpc) is 2.58. The highest BCUT2D eigenvalue weighted by Crippen LogP contribution is 2.21. The lowest BCUT2D eigenvalue weighted by Crippen LogP contribution is -1.91. The topological polar surface area (TPSA) is 56.7 Å². The fourth-order valence-corrected chi connectivity index (χ4v) is 1.71. The molecular weight excluding hydrogens is 172 g/mol. The molecule has 0 atom stereocenters. The van der Waals surface area contributed by atoms with Crippen molar-refractivity contribution in [2.24, 2.45) is 7.05 Å². The van der Waals surface area contributed by atoms with E-state index in [4.69, 9.17) is 5.73 Å². The van der Waals surface area contributed by atoms with Crippen molar-refractivity contribution < 1.29 is 0 Å². The third kappa shape index (κ3) is 1.08. The Kier molecular flexibility index (Phi) is 1.58. The van der Waals surface area contributed by atoms with Gasteiger partial charge in [0.05, 0.1) is 0 Å². The van der Waals surface area contributed by atoms with Gasteiger partial charge in [0.2, 0.25) is 0 Å². The summed E-state index contributed by atoms with van der Waals surface area (Å²) in [6.45, 7) is 0. The maximum atomic E-state index is 5.50. The van der Waals surface area contributed by atoms with E-state index in [9.17, 15) is 0 Å². The van der Waals surface area contributed by atoms with Crippen LogP contribution in [0.25, 0.3) is 10.8 Å². The number of hydrogen-bond donors (Lipinski definition) is 1. The minimum Gasteiger partial charge on any atom is -0.383 e. The summed E-state index contributed by atoms with van der Waals surface area (Å²) in [6.07, 6.45) is 3.62. The van der Waals surface area contributed by atoms with Crippen LogP contribution < -0.4 is 5.73 Å². The molecule has 0 aliphatic carbocycles. The first-order chi connectivity index (χ1) is 5.77. The predicted molar refractivity (Wildman–Crippen MR) is 48.7 cm³/mol. The third-order valence-electron chi connectivity index (χ3n) is 1.53. The molecule has 0 saturated carbocycles. The van der Waals surface area contributed by atoms with Crippen molar-refractivity contribution in [2.45, 2.75) is 0 Å². The first kappa shape index (κ1) is 7.30. The van der Waals surface area contributed by atoms with Crippen LogP contribution >= 0.6 is 11.3 Å². The summed E-state index contributed by atoms with van der Waals surface area (Å²) in [5.41, 5.74) is 5.50. The summed E-state index contributed by atoms with van der Waals surface area (Å²) in [5, 5.41) is 2.67. The van der Waals surface area contributed by atoms with Gasteiger partial charge in [-0.05, 0) is 0 Å². The van der Waals surface area contributed by atoms with Crippen LogP contribution in [-0.4, -0.2) is 14.5 Å². The zero-order chi connectivity index (χ0) is 8.55. The summed E-state index contributed by atoms with van der Waals surface area (Å²) in [5.74, 6) is 1.41. The van der Waals surface area contributed by atoms with Crippen molar-refractivity contribution >= 4 is 17.2 Å². The number of imidazole rings is 1. The number of rotatable bonds is 1. The molecule has 12 heavy (non-hydrogen) atoms. The molecular formula is C7H8N4S. The molecule has 0 bridgehead atoms. The third-order valence-corrected chi connectivity index (χ3v) is 2.39. The molecule has 2 aromatic rings. The predicted octanol–water partition coefficient (Wildman–Crippen LogP) is 1.13. The van der Waals surface area contributed by atoms with E-state index in [1.807, 2.05) is 23.2 Å². The van der Waals surface area contributed by atoms with E-state index in [1.54, 1.807) is 6.20 Å². The fourth-order valence-electron chi connectivity index (χ4n) is 0.961. The Labute approximate surface area is 73.7 Å². The number of nitrogens with two attached hydrogens (primary N) is 1. The highest BCUT2D eigenvalue weighted by molar-refractivity contribution is 7.13. The highest BCUT2D eigenvalue weighted by Gasteiger charge is 2.06. The second-order valence-corrected chi connectivity index (χ2v) is 3.30. The zero-order valence-corrected chi connectivity index (χ0v) is 7.38. The van der Waals surface area contributed by atoms with Gasteiger partial charge in [0.15, 0.2) is 10.8 Å². The standard InChI is InChI=1S/C7H8N4S/c1-11-3-2-9-6(11)7-10-5(8)4-12-7/h2-4H,8H2,1H3. The molecule has 0 spiro atoms. The molecule has 0 aliphatic heterocycles. The largest absolute Gasteiger partial charge is 0.383 e. The number of nitrogen functional groups attached to an aromatic ring is 1. The van der Waals surface area contributed by atoms with Gasteiger partial charge in [-0.15, -0.1) is 11.3 Å². The highest BCUT2D eigenvalue weighted by atomic mass is 32.1. The monoisotopic (exact) mass is 180 g/mol. The number of aromatic nitrogens is 3. The molecule has 2 heterocycles. The van der Waals surface area contributed by atoms with Crippen molar-refractivity contribution in [3.05, 3.63) is 17.8 Å². The first-order valence-corrected chi connectivity index (χ1v) is 4.34. The second kappa shape index (κ2) is 2.60. The van der Waals surface area contributed by atoms with E-state index in [2.05, 4.69) is 9.97 Å². The normalized spacial score (nSPS) is 10.4. The van der Waals surface area contributed by atoms with Crippen LogP contribution in [0.15, 0.2) is 17.8 Å². The van der Waals surface area contributed by atoms with Crippen molar-refractivity contribution in [3.8, 4) is 10.8 Å². The molecule has 2 aromatic heterocycles. The Hall–Kier alpha value is -1.36. The maximum Gasteiger partial charge on any atom is 0.169 e. The molecule has 62 valence electrons.